The largest absolute Gasteiger partial charge is 0.376 e. The molecule has 19 heavy (non-hydrogen) atoms. The summed E-state index contributed by atoms with van der Waals surface area (Å²) in [5.41, 5.74) is 6.69. The van der Waals surface area contributed by atoms with Crippen LogP contribution in [0.2, 0.25) is 0 Å². The summed E-state index contributed by atoms with van der Waals surface area (Å²) in [5.74, 6) is -0.285. The van der Waals surface area contributed by atoms with Crippen molar-refractivity contribution in [3.05, 3.63) is 35.9 Å². The van der Waals surface area contributed by atoms with Crippen molar-refractivity contribution in [2.45, 2.75) is 31.3 Å². The van der Waals surface area contributed by atoms with Crippen molar-refractivity contribution in [1.29, 1.82) is 0 Å². The van der Waals surface area contributed by atoms with Crippen molar-refractivity contribution in [2.24, 2.45) is 5.73 Å². The van der Waals surface area contributed by atoms with Gasteiger partial charge < -0.3 is 15.8 Å². The molecule has 2 rings (SSSR count). The highest BCUT2D eigenvalue weighted by atomic mass is 16.5. The van der Waals surface area contributed by atoms with E-state index in [0.717, 1.165) is 25.0 Å². The van der Waals surface area contributed by atoms with Crippen LogP contribution in [0.25, 0.3) is 0 Å². The Morgan fingerprint density at radius 3 is 2.79 bits per heavy atom. The van der Waals surface area contributed by atoms with E-state index in [2.05, 4.69) is 5.32 Å². The average molecular weight is 262 g/mol. The molecule has 1 aliphatic rings. The quantitative estimate of drug-likeness (QED) is 0.843. The third kappa shape index (κ3) is 4.04. The number of hydrogen-bond acceptors (Lipinski definition) is 3. The molecular formula is C15H22N2O2. The van der Waals surface area contributed by atoms with Crippen molar-refractivity contribution >= 4 is 5.91 Å². The Labute approximate surface area is 114 Å². The van der Waals surface area contributed by atoms with Crippen LogP contribution in [0.3, 0.4) is 0 Å². The number of hydrogen-bond donors (Lipinski definition) is 2. The molecule has 1 saturated heterocycles. The molecule has 0 saturated carbocycles. The molecule has 3 N–H and O–H groups in total. The summed E-state index contributed by atoms with van der Waals surface area (Å²) in [7, 11) is 0. The lowest BCUT2D eigenvalue weighted by Gasteiger charge is -2.24. The first-order chi connectivity index (χ1) is 9.31. The monoisotopic (exact) mass is 262 g/mol. The molecule has 1 amide bonds. The Hall–Kier alpha value is -1.39. The maximum Gasteiger partial charge on any atom is 0.228 e. The number of ether oxygens (including phenoxy) is 1. The van der Waals surface area contributed by atoms with E-state index >= 15 is 0 Å². The third-order valence-electron chi connectivity index (χ3n) is 3.53. The smallest absolute Gasteiger partial charge is 0.228 e. The fraction of sp³-hybridized carbons (Fsp3) is 0.533. The topological polar surface area (TPSA) is 64.4 Å². The van der Waals surface area contributed by atoms with Crippen molar-refractivity contribution in [3.63, 3.8) is 0 Å². The Morgan fingerprint density at radius 2 is 2.16 bits per heavy atom. The zero-order valence-electron chi connectivity index (χ0n) is 11.2. The lowest BCUT2D eigenvalue weighted by molar-refractivity contribution is -0.123. The van der Waals surface area contributed by atoms with Crippen molar-refractivity contribution in [2.75, 3.05) is 19.7 Å². The van der Waals surface area contributed by atoms with Crippen LogP contribution in [-0.4, -0.2) is 31.7 Å². The second-order valence-corrected chi connectivity index (χ2v) is 4.93. The molecule has 2 atom stereocenters. The number of carbonyl (C=O) groups excluding carboxylic acids is 1. The van der Waals surface area contributed by atoms with Crippen LogP contribution in [0.5, 0.6) is 0 Å². The highest BCUT2D eigenvalue weighted by molar-refractivity contribution is 5.83. The Bertz CT molecular complexity index is 388. The van der Waals surface area contributed by atoms with Gasteiger partial charge in [0.2, 0.25) is 5.91 Å². The van der Waals surface area contributed by atoms with Crippen LogP contribution in [0.4, 0.5) is 0 Å². The van der Waals surface area contributed by atoms with Gasteiger partial charge in [0.15, 0.2) is 0 Å². The Balaban J connectivity index is 1.86. The van der Waals surface area contributed by atoms with Crippen molar-refractivity contribution in [1.82, 2.24) is 5.32 Å². The van der Waals surface area contributed by atoms with E-state index in [1.807, 2.05) is 30.3 Å². The zero-order chi connectivity index (χ0) is 13.5. The summed E-state index contributed by atoms with van der Waals surface area (Å²) in [6.45, 7) is 1.71. The predicted octanol–water partition coefficient (Wildman–Crippen LogP) is 1.41. The van der Waals surface area contributed by atoms with Gasteiger partial charge in [-0.2, -0.15) is 0 Å². The van der Waals surface area contributed by atoms with Crippen molar-refractivity contribution in [3.8, 4) is 0 Å². The molecule has 0 radical (unpaired) electrons. The Kier molecular flexibility index (Phi) is 5.36. The first-order valence-corrected chi connectivity index (χ1v) is 6.95. The summed E-state index contributed by atoms with van der Waals surface area (Å²) in [5, 5.41) is 2.96. The van der Waals surface area contributed by atoms with Gasteiger partial charge in [-0.05, 0) is 24.8 Å². The molecule has 4 heteroatoms. The fourth-order valence-electron chi connectivity index (χ4n) is 2.39. The Morgan fingerprint density at radius 1 is 1.37 bits per heavy atom. The van der Waals surface area contributed by atoms with Gasteiger partial charge >= 0.3 is 0 Å². The normalized spacial score (nSPS) is 20.8. The van der Waals surface area contributed by atoms with E-state index in [1.54, 1.807) is 0 Å². The first kappa shape index (κ1) is 14.0. The molecule has 1 aliphatic heterocycles. The molecule has 0 bridgehead atoms. The molecule has 1 fully saturated rings. The minimum absolute atomic E-state index is 0.0112. The summed E-state index contributed by atoms with van der Waals surface area (Å²) in [6.07, 6.45) is 3.49. The minimum atomic E-state index is -0.273. The molecule has 0 aromatic heterocycles. The SMILES string of the molecule is NCC(C(=O)NCC1CCCCO1)c1ccccc1. The molecule has 0 spiro atoms. The molecule has 2 unspecified atom stereocenters. The van der Waals surface area contributed by atoms with Crippen LogP contribution in [-0.2, 0) is 9.53 Å². The first-order valence-electron chi connectivity index (χ1n) is 6.95. The van der Waals surface area contributed by atoms with Gasteiger partial charge in [-0.1, -0.05) is 30.3 Å². The standard InChI is InChI=1S/C15H22N2O2/c16-10-14(12-6-2-1-3-7-12)15(18)17-11-13-8-4-5-9-19-13/h1-3,6-7,13-14H,4-5,8-11,16H2,(H,17,18). The minimum Gasteiger partial charge on any atom is -0.376 e. The van der Waals surface area contributed by atoms with Gasteiger partial charge in [-0.25, -0.2) is 0 Å². The van der Waals surface area contributed by atoms with E-state index in [9.17, 15) is 4.79 Å². The number of benzene rings is 1. The van der Waals surface area contributed by atoms with E-state index in [1.165, 1.54) is 6.42 Å². The fourth-order valence-corrected chi connectivity index (χ4v) is 2.39. The van der Waals surface area contributed by atoms with Gasteiger partial charge in [0.05, 0.1) is 12.0 Å². The van der Waals surface area contributed by atoms with Gasteiger partial charge in [0.25, 0.3) is 0 Å². The number of nitrogens with two attached hydrogens (primary N) is 1. The number of carbonyl (C=O) groups is 1. The van der Waals surface area contributed by atoms with Gasteiger partial charge in [0, 0.05) is 19.7 Å². The van der Waals surface area contributed by atoms with Crippen molar-refractivity contribution < 1.29 is 9.53 Å². The summed E-state index contributed by atoms with van der Waals surface area (Å²) < 4.78 is 5.60. The van der Waals surface area contributed by atoms with Crippen LogP contribution in [0.15, 0.2) is 30.3 Å². The van der Waals surface area contributed by atoms with Gasteiger partial charge in [-0.15, -0.1) is 0 Å². The predicted molar refractivity (Wildman–Crippen MR) is 74.8 cm³/mol. The maximum absolute atomic E-state index is 12.2. The maximum atomic E-state index is 12.2. The highest BCUT2D eigenvalue weighted by Crippen LogP contribution is 2.15. The van der Waals surface area contributed by atoms with E-state index < -0.39 is 0 Å². The van der Waals surface area contributed by atoms with E-state index in [0.29, 0.717) is 13.1 Å². The highest BCUT2D eigenvalue weighted by Gasteiger charge is 2.20. The lowest BCUT2D eigenvalue weighted by atomic mass is 9.98. The molecule has 4 nitrogen and oxygen atoms in total. The third-order valence-corrected chi connectivity index (χ3v) is 3.53. The van der Waals surface area contributed by atoms with Crippen LogP contribution < -0.4 is 11.1 Å². The second-order valence-electron chi connectivity index (χ2n) is 4.93. The molecule has 0 aliphatic carbocycles. The van der Waals surface area contributed by atoms with Gasteiger partial charge in [-0.3, -0.25) is 4.79 Å². The van der Waals surface area contributed by atoms with E-state index in [-0.39, 0.29) is 17.9 Å². The second kappa shape index (κ2) is 7.26. The summed E-state index contributed by atoms with van der Waals surface area (Å²) in [6, 6.07) is 9.67. The van der Waals surface area contributed by atoms with E-state index in [4.69, 9.17) is 10.5 Å². The van der Waals surface area contributed by atoms with Crippen LogP contribution in [0, 0.1) is 0 Å². The zero-order valence-corrected chi connectivity index (χ0v) is 11.2. The molecule has 1 heterocycles. The molecule has 1 aromatic rings. The molecule has 1 aromatic carbocycles. The van der Waals surface area contributed by atoms with Crippen LogP contribution >= 0.6 is 0 Å². The van der Waals surface area contributed by atoms with Gasteiger partial charge in [0.1, 0.15) is 0 Å². The molecule has 104 valence electrons. The average Bonchev–Trinajstić information content (AvgIpc) is 2.48. The summed E-state index contributed by atoms with van der Waals surface area (Å²) >= 11 is 0. The molecular weight excluding hydrogens is 240 g/mol. The lowest BCUT2D eigenvalue weighted by Crippen LogP contribution is -2.39. The summed E-state index contributed by atoms with van der Waals surface area (Å²) in [4.78, 5) is 12.2. The number of rotatable bonds is 5. The number of amides is 1. The number of nitrogens with one attached hydrogen (secondary N) is 1. The van der Waals surface area contributed by atoms with Crippen LogP contribution in [0.1, 0.15) is 30.7 Å².